The van der Waals surface area contributed by atoms with Crippen LogP contribution in [-0.4, -0.2) is 34.9 Å². The van der Waals surface area contributed by atoms with E-state index in [9.17, 15) is 9.59 Å². The molecule has 0 bridgehead atoms. The zero-order chi connectivity index (χ0) is 15.0. The standard InChI is InChI=1S/C16H19N3O2/c1-10-6-7-19(9-13(10)17)16(21)12-8-15(20)18-14-5-3-2-4-11(12)14/h2-5,8,10,13H,6-7,9,17H2,1H3,(H,18,20). The Labute approximate surface area is 122 Å². The second-order valence-corrected chi connectivity index (χ2v) is 5.77. The van der Waals surface area contributed by atoms with Gasteiger partial charge in [0.05, 0.1) is 5.56 Å². The van der Waals surface area contributed by atoms with E-state index in [1.165, 1.54) is 6.07 Å². The minimum atomic E-state index is -0.258. The Morgan fingerprint density at radius 1 is 1.38 bits per heavy atom. The van der Waals surface area contributed by atoms with Crippen molar-refractivity contribution < 1.29 is 4.79 Å². The van der Waals surface area contributed by atoms with Crippen LogP contribution in [0.4, 0.5) is 0 Å². The number of amides is 1. The van der Waals surface area contributed by atoms with Crippen molar-refractivity contribution in [3.63, 3.8) is 0 Å². The van der Waals surface area contributed by atoms with E-state index in [2.05, 4.69) is 11.9 Å². The van der Waals surface area contributed by atoms with E-state index in [-0.39, 0.29) is 17.5 Å². The number of carbonyl (C=O) groups excluding carboxylic acids is 1. The van der Waals surface area contributed by atoms with Crippen molar-refractivity contribution in [2.24, 2.45) is 11.7 Å². The maximum atomic E-state index is 12.7. The number of hydrogen-bond donors (Lipinski definition) is 2. The molecule has 2 aromatic rings. The highest BCUT2D eigenvalue weighted by molar-refractivity contribution is 6.05. The van der Waals surface area contributed by atoms with Crippen molar-refractivity contribution in [2.75, 3.05) is 13.1 Å². The van der Waals surface area contributed by atoms with E-state index in [1.807, 2.05) is 18.2 Å². The predicted molar refractivity (Wildman–Crippen MR) is 82.2 cm³/mol. The molecule has 110 valence electrons. The van der Waals surface area contributed by atoms with Crippen LogP contribution in [-0.2, 0) is 0 Å². The van der Waals surface area contributed by atoms with Gasteiger partial charge in [0.15, 0.2) is 0 Å². The fourth-order valence-corrected chi connectivity index (χ4v) is 2.84. The highest BCUT2D eigenvalue weighted by atomic mass is 16.2. The molecule has 1 amide bonds. The molecule has 3 N–H and O–H groups in total. The third-order valence-electron chi connectivity index (χ3n) is 4.28. The normalized spacial score (nSPS) is 22.5. The molecule has 1 aromatic carbocycles. The zero-order valence-corrected chi connectivity index (χ0v) is 12.0. The summed E-state index contributed by atoms with van der Waals surface area (Å²) >= 11 is 0. The first kappa shape index (κ1) is 13.8. The van der Waals surface area contributed by atoms with Crippen LogP contribution in [0, 0.1) is 5.92 Å². The van der Waals surface area contributed by atoms with Crippen LogP contribution >= 0.6 is 0 Å². The predicted octanol–water partition coefficient (Wildman–Crippen LogP) is 1.34. The molecule has 0 aliphatic carbocycles. The van der Waals surface area contributed by atoms with Gasteiger partial charge in [0, 0.05) is 36.1 Å². The second-order valence-electron chi connectivity index (χ2n) is 5.77. The molecular formula is C16H19N3O2. The number of fused-ring (bicyclic) bond motifs is 1. The van der Waals surface area contributed by atoms with Crippen molar-refractivity contribution in [1.82, 2.24) is 9.88 Å². The molecule has 5 nitrogen and oxygen atoms in total. The summed E-state index contributed by atoms with van der Waals surface area (Å²) < 4.78 is 0. The number of piperidine rings is 1. The van der Waals surface area contributed by atoms with Crippen molar-refractivity contribution in [3.05, 3.63) is 46.2 Å². The number of nitrogens with one attached hydrogen (secondary N) is 1. The van der Waals surface area contributed by atoms with Crippen LogP contribution in [0.1, 0.15) is 23.7 Å². The van der Waals surface area contributed by atoms with Crippen LogP contribution in [0.3, 0.4) is 0 Å². The lowest BCUT2D eigenvalue weighted by molar-refractivity contribution is 0.0674. The van der Waals surface area contributed by atoms with Crippen LogP contribution < -0.4 is 11.3 Å². The molecule has 1 fully saturated rings. The molecule has 2 atom stereocenters. The van der Waals surface area contributed by atoms with Gasteiger partial charge in [0.1, 0.15) is 0 Å². The second kappa shape index (κ2) is 5.33. The van der Waals surface area contributed by atoms with Gasteiger partial charge in [-0.15, -0.1) is 0 Å². The first-order chi connectivity index (χ1) is 10.1. The van der Waals surface area contributed by atoms with E-state index in [0.29, 0.717) is 30.1 Å². The summed E-state index contributed by atoms with van der Waals surface area (Å²) in [5.41, 5.74) is 6.95. The topological polar surface area (TPSA) is 79.2 Å². The van der Waals surface area contributed by atoms with Crippen LogP contribution in [0.15, 0.2) is 35.1 Å². The molecule has 1 aliphatic heterocycles. The number of para-hydroxylation sites is 1. The molecule has 0 radical (unpaired) electrons. The number of benzene rings is 1. The van der Waals surface area contributed by atoms with Gasteiger partial charge in [-0.3, -0.25) is 9.59 Å². The highest BCUT2D eigenvalue weighted by Crippen LogP contribution is 2.21. The number of nitrogens with two attached hydrogens (primary N) is 1. The largest absolute Gasteiger partial charge is 0.337 e. The quantitative estimate of drug-likeness (QED) is 0.829. The lowest BCUT2D eigenvalue weighted by Crippen LogP contribution is -2.49. The van der Waals surface area contributed by atoms with Gasteiger partial charge in [-0.25, -0.2) is 0 Å². The first-order valence-electron chi connectivity index (χ1n) is 7.23. The zero-order valence-electron chi connectivity index (χ0n) is 12.0. The van der Waals surface area contributed by atoms with Gasteiger partial charge < -0.3 is 15.6 Å². The maximum absolute atomic E-state index is 12.7. The van der Waals surface area contributed by atoms with Gasteiger partial charge in [-0.05, 0) is 18.4 Å². The fourth-order valence-electron chi connectivity index (χ4n) is 2.84. The molecule has 21 heavy (non-hydrogen) atoms. The van der Waals surface area contributed by atoms with Crippen molar-refractivity contribution in [3.8, 4) is 0 Å². The van der Waals surface area contributed by atoms with Crippen LogP contribution in [0.2, 0.25) is 0 Å². The maximum Gasteiger partial charge on any atom is 0.254 e. The molecule has 5 heteroatoms. The van der Waals surface area contributed by atoms with Crippen molar-refractivity contribution in [1.29, 1.82) is 0 Å². The average molecular weight is 285 g/mol. The molecule has 1 saturated heterocycles. The number of hydrogen-bond acceptors (Lipinski definition) is 3. The number of H-pyrrole nitrogens is 1. The summed E-state index contributed by atoms with van der Waals surface area (Å²) in [7, 11) is 0. The number of carbonyl (C=O) groups is 1. The van der Waals surface area contributed by atoms with E-state index >= 15 is 0 Å². The Morgan fingerprint density at radius 2 is 2.14 bits per heavy atom. The summed E-state index contributed by atoms with van der Waals surface area (Å²) in [6, 6.07) is 8.74. The molecule has 0 spiro atoms. The lowest BCUT2D eigenvalue weighted by Gasteiger charge is -2.35. The Bertz CT molecular complexity index is 738. The summed E-state index contributed by atoms with van der Waals surface area (Å²) in [5, 5.41) is 0.772. The monoisotopic (exact) mass is 285 g/mol. The van der Waals surface area contributed by atoms with Gasteiger partial charge in [-0.1, -0.05) is 25.1 Å². The summed E-state index contributed by atoms with van der Waals surface area (Å²) in [6.07, 6.45) is 0.897. The minimum Gasteiger partial charge on any atom is -0.337 e. The number of likely N-dealkylation sites (tertiary alicyclic amines) is 1. The summed E-state index contributed by atoms with van der Waals surface area (Å²) in [4.78, 5) is 29.0. The molecule has 1 aliphatic rings. The molecule has 2 unspecified atom stereocenters. The molecular weight excluding hydrogens is 266 g/mol. The van der Waals surface area contributed by atoms with E-state index < -0.39 is 0 Å². The van der Waals surface area contributed by atoms with Gasteiger partial charge in [-0.2, -0.15) is 0 Å². The molecule has 3 rings (SSSR count). The van der Waals surface area contributed by atoms with E-state index in [4.69, 9.17) is 5.73 Å². The fraction of sp³-hybridized carbons (Fsp3) is 0.375. The Kier molecular flexibility index (Phi) is 3.51. The minimum absolute atomic E-state index is 0.00374. The average Bonchev–Trinajstić information content (AvgIpc) is 2.48. The summed E-state index contributed by atoms with van der Waals surface area (Å²) in [6.45, 7) is 3.34. The third kappa shape index (κ3) is 2.56. The number of nitrogens with zero attached hydrogens (tertiary/aromatic N) is 1. The number of rotatable bonds is 1. The van der Waals surface area contributed by atoms with Crippen LogP contribution in [0.5, 0.6) is 0 Å². The molecule has 0 saturated carbocycles. The van der Waals surface area contributed by atoms with Gasteiger partial charge in [0.25, 0.3) is 5.91 Å². The SMILES string of the molecule is CC1CCN(C(=O)c2cc(=O)[nH]c3ccccc23)CC1N. The lowest BCUT2D eigenvalue weighted by atomic mass is 9.93. The number of aromatic amines is 1. The van der Waals surface area contributed by atoms with Crippen molar-refractivity contribution >= 4 is 16.8 Å². The number of pyridine rings is 1. The van der Waals surface area contributed by atoms with E-state index in [1.54, 1.807) is 11.0 Å². The highest BCUT2D eigenvalue weighted by Gasteiger charge is 2.27. The molecule has 2 heterocycles. The van der Waals surface area contributed by atoms with Crippen molar-refractivity contribution in [2.45, 2.75) is 19.4 Å². The summed E-state index contributed by atoms with van der Waals surface area (Å²) in [5.74, 6) is 0.310. The number of aromatic nitrogens is 1. The smallest absolute Gasteiger partial charge is 0.254 e. The third-order valence-corrected chi connectivity index (χ3v) is 4.28. The molecule has 1 aromatic heterocycles. The van der Waals surface area contributed by atoms with Crippen LogP contribution in [0.25, 0.3) is 10.9 Å². The Morgan fingerprint density at radius 3 is 2.90 bits per heavy atom. The first-order valence-corrected chi connectivity index (χ1v) is 7.23. The Balaban J connectivity index is 2.00. The van der Waals surface area contributed by atoms with Gasteiger partial charge in [0.2, 0.25) is 5.56 Å². The Hall–Kier alpha value is -2.14. The van der Waals surface area contributed by atoms with E-state index in [0.717, 1.165) is 11.8 Å². The van der Waals surface area contributed by atoms with Gasteiger partial charge >= 0.3 is 0 Å².